The Kier molecular flexibility index (Phi) is 8.09. The molecule has 0 saturated heterocycles. The second-order valence-electron chi connectivity index (χ2n) is 5.08. The van der Waals surface area contributed by atoms with Gasteiger partial charge in [-0.1, -0.05) is 24.3 Å². The van der Waals surface area contributed by atoms with E-state index in [0.29, 0.717) is 23.6 Å². The number of benzene rings is 2. The maximum absolute atomic E-state index is 11.2. The summed E-state index contributed by atoms with van der Waals surface area (Å²) >= 11 is 0. The van der Waals surface area contributed by atoms with E-state index >= 15 is 0 Å². The molecule has 0 radical (unpaired) electrons. The van der Waals surface area contributed by atoms with E-state index in [1.807, 2.05) is 30.3 Å². The lowest BCUT2D eigenvalue weighted by Gasteiger charge is -2.10. The van der Waals surface area contributed by atoms with Crippen molar-refractivity contribution in [3.05, 3.63) is 59.2 Å². The molecule has 2 aromatic rings. The predicted molar refractivity (Wildman–Crippen MR) is 95.6 cm³/mol. The number of hydrogen-bond donors (Lipinski definition) is 2. The lowest BCUT2D eigenvalue weighted by Crippen LogP contribution is -2.18. The van der Waals surface area contributed by atoms with E-state index in [4.69, 9.17) is 14.6 Å². The highest BCUT2D eigenvalue weighted by molar-refractivity contribution is 5.89. The van der Waals surface area contributed by atoms with Crippen LogP contribution in [0.5, 0.6) is 11.5 Å². The second-order valence-corrected chi connectivity index (χ2v) is 5.08. The van der Waals surface area contributed by atoms with E-state index in [0.717, 1.165) is 24.1 Å². The number of carbonyl (C=O) groups is 1. The maximum atomic E-state index is 11.2. The molecule has 0 atom stereocenters. The first-order chi connectivity index (χ1) is 11.2. The number of hydrogen-bond acceptors (Lipinski definition) is 4. The Bertz CT molecular complexity index is 676. The molecule has 2 rings (SSSR count). The van der Waals surface area contributed by atoms with Crippen LogP contribution in [0.2, 0.25) is 0 Å². The number of aromatic carboxylic acids is 1. The number of methoxy groups -OCH3 is 2. The van der Waals surface area contributed by atoms with Gasteiger partial charge in [-0.3, -0.25) is 0 Å². The lowest BCUT2D eigenvalue weighted by molar-refractivity contribution is 0.0695. The summed E-state index contributed by atoms with van der Waals surface area (Å²) in [5, 5.41) is 12.4. The Morgan fingerprint density at radius 1 is 1.08 bits per heavy atom. The molecule has 0 aliphatic rings. The highest BCUT2D eigenvalue weighted by Crippen LogP contribution is 2.27. The van der Waals surface area contributed by atoms with Gasteiger partial charge in [0.15, 0.2) is 11.5 Å². The van der Waals surface area contributed by atoms with Crippen molar-refractivity contribution in [3.63, 3.8) is 0 Å². The molecule has 0 aromatic heterocycles. The van der Waals surface area contributed by atoms with Crippen LogP contribution in [0, 0.1) is 0 Å². The third-order valence-electron chi connectivity index (χ3n) is 3.60. The Morgan fingerprint density at radius 2 is 1.79 bits per heavy atom. The van der Waals surface area contributed by atoms with Crippen LogP contribution in [0.15, 0.2) is 42.5 Å². The third kappa shape index (κ3) is 5.15. The fraction of sp³-hybridized carbons (Fsp3) is 0.278. The lowest BCUT2D eigenvalue weighted by atomic mass is 10.1. The van der Waals surface area contributed by atoms with E-state index in [-0.39, 0.29) is 12.4 Å². The molecule has 0 unspecified atom stereocenters. The van der Waals surface area contributed by atoms with Crippen LogP contribution >= 0.6 is 12.4 Å². The molecule has 0 aliphatic heterocycles. The first kappa shape index (κ1) is 19.8. The van der Waals surface area contributed by atoms with Crippen molar-refractivity contribution in [2.24, 2.45) is 0 Å². The summed E-state index contributed by atoms with van der Waals surface area (Å²) in [6.07, 6.45) is 0.815. The van der Waals surface area contributed by atoms with Gasteiger partial charge in [-0.15, -0.1) is 12.4 Å². The molecule has 24 heavy (non-hydrogen) atoms. The molecule has 130 valence electrons. The number of carboxylic acids is 1. The summed E-state index contributed by atoms with van der Waals surface area (Å²) in [5.41, 5.74) is 2.25. The van der Waals surface area contributed by atoms with E-state index < -0.39 is 5.97 Å². The Hall–Kier alpha value is -2.24. The Balaban J connectivity index is 0.00000288. The molecule has 0 aliphatic carbocycles. The number of rotatable bonds is 8. The molecule has 6 heteroatoms. The van der Waals surface area contributed by atoms with Gasteiger partial charge in [-0.05, 0) is 42.3 Å². The van der Waals surface area contributed by atoms with Crippen molar-refractivity contribution >= 4 is 18.4 Å². The summed E-state index contributed by atoms with van der Waals surface area (Å²) in [4.78, 5) is 11.2. The third-order valence-corrected chi connectivity index (χ3v) is 3.60. The monoisotopic (exact) mass is 351 g/mol. The number of halogens is 1. The Morgan fingerprint density at radius 3 is 2.46 bits per heavy atom. The first-order valence-corrected chi connectivity index (χ1v) is 7.38. The average molecular weight is 352 g/mol. The van der Waals surface area contributed by atoms with Crippen molar-refractivity contribution in [2.45, 2.75) is 13.0 Å². The normalized spacial score (nSPS) is 9.92. The highest BCUT2D eigenvalue weighted by Gasteiger charge is 2.08. The van der Waals surface area contributed by atoms with Crippen LogP contribution in [0.25, 0.3) is 0 Å². The molecule has 0 fully saturated rings. The van der Waals surface area contributed by atoms with Gasteiger partial charge in [0.1, 0.15) is 0 Å². The smallest absolute Gasteiger partial charge is 0.336 e. The van der Waals surface area contributed by atoms with Crippen molar-refractivity contribution in [1.29, 1.82) is 0 Å². The molecule has 0 spiro atoms. The fourth-order valence-electron chi connectivity index (χ4n) is 2.38. The van der Waals surface area contributed by atoms with Gasteiger partial charge in [-0.25, -0.2) is 4.79 Å². The summed E-state index contributed by atoms with van der Waals surface area (Å²) in [5.74, 6) is 0.517. The summed E-state index contributed by atoms with van der Waals surface area (Å²) in [6, 6.07) is 12.8. The van der Waals surface area contributed by atoms with Crippen LogP contribution in [0.4, 0.5) is 0 Å². The van der Waals surface area contributed by atoms with Crippen molar-refractivity contribution in [2.75, 3.05) is 20.8 Å². The average Bonchev–Trinajstić information content (AvgIpc) is 2.58. The van der Waals surface area contributed by atoms with E-state index in [1.165, 1.54) is 0 Å². The molecular formula is C18H22ClNO4. The van der Waals surface area contributed by atoms with Gasteiger partial charge in [0.25, 0.3) is 0 Å². The van der Waals surface area contributed by atoms with Gasteiger partial charge < -0.3 is 19.9 Å². The van der Waals surface area contributed by atoms with Crippen LogP contribution in [0.3, 0.4) is 0 Å². The predicted octanol–water partition coefficient (Wildman–Crippen LogP) is 3.16. The molecule has 2 N–H and O–H groups in total. The second kappa shape index (κ2) is 9.80. The highest BCUT2D eigenvalue weighted by atomic mass is 35.5. The van der Waals surface area contributed by atoms with Gasteiger partial charge in [0, 0.05) is 6.54 Å². The van der Waals surface area contributed by atoms with E-state index in [2.05, 4.69) is 5.32 Å². The fourth-order valence-corrected chi connectivity index (χ4v) is 2.38. The van der Waals surface area contributed by atoms with E-state index in [1.54, 1.807) is 26.4 Å². The summed E-state index contributed by atoms with van der Waals surface area (Å²) in [6.45, 7) is 1.26. The van der Waals surface area contributed by atoms with Gasteiger partial charge in [0.2, 0.25) is 0 Å². The number of nitrogens with one attached hydrogen (secondary N) is 1. The SMILES string of the molecule is COc1ccc(CCNCc2ccccc2C(=O)O)cc1OC.Cl. The first-order valence-electron chi connectivity index (χ1n) is 7.38. The topological polar surface area (TPSA) is 67.8 Å². The zero-order valence-electron chi connectivity index (χ0n) is 13.7. The molecule has 2 aromatic carbocycles. The van der Waals surface area contributed by atoms with Crippen molar-refractivity contribution < 1.29 is 19.4 Å². The minimum Gasteiger partial charge on any atom is -0.493 e. The van der Waals surface area contributed by atoms with Gasteiger partial charge >= 0.3 is 5.97 Å². The molecule has 0 heterocycles. The standard InChI is InChI=1S/C18H21NO4.ClH/c1-22-16-8-7-13(11-17(16)23-2)9-10-19-12-14-5-3-4-6-15(14)18(20)21;/h3-8,11,19H,9-10,12H2,1-2H3,(H,20,21);1H. The quantitative estimate of drug-likeness (QED) is 0.715. The van der Waals surface area contributed by atoms with Gasteiger partial charge in [0.05, 0.1) is 19.8 Å². The van der Waals surface area contributed by atoms with Crippen LogP contribution in [-0.4, -0.2) is 31.8 Å². The van der Waals surface area contributed by atoms with Crippen LogP contribution in [0.1, 0.15) is 21.5 Å². The maximum Gasteiger partial charge on any atom is 0.336 e. The molecular weight excluding hydrogens is 330 g/mol. The zero-order valence-corrected chi connectivity index (χ0v) is 14.6. The van der Waals surface area contributed by atoms with Crippen LogP contribution < -0.4 is 14.8 Å². The molecule has 0 saturated carbocycles. The number of carboxylic acid groups (broad SMARTS) is 1. The molecule has 0 amide bonds. The van der Waals surface area contributed by atoms with Crippen LogP contribution in [-0.2, 0) is 13.0 Å². The zero-order chi connectivity index (χ0) is 16.7. The largest absolute Gasteiger partial charge is 0.493 e. The van der Waals surface area contributed by atoms with Gasteiger partial charge in [-0.2, -0.15) is 0 Å². The summed E-state index contributed by atoms with van der Waals surface area (Å²) in [7, 11) is 3.22. The van der Waals surface area contributed by atoms with Crippen molar-refractivity contribution in [1.82, 2.24) is 5.32 Å². The molecule has 0 bridgehead atoms. The Labute approximate surface area is 148 Å². The van der Waals surface area contributed by atoms with Crippen molar-refractivity contribution in [3.8, 4) is 11.5 Å². The summed E-state index contributed by atoms with van der Waals surface area (Å²) < 4.78 is 10.5. The minimum absolute atomic E-state index is 0. The number of ether oxygens (including phenoxy) is 2. The van der Waals surface area contributed by atoms with E-state index in [9.17, 15) is 4.79 Å². The molecule has 5 nitrogen and oxygen atoms in total. The minimum atomic E-state index is -0.901.